The highest BCUT2D eigenvalue weighted by Gasteiger charge is 2.29. The van der Waals surface area contributed by atoms with Crippen molar-refractivity contribution in [2.24, 2.45) is 0 Å². The maximum Gasteiger partial charge on any atom is 0.203 e. The number of ether oxygens (including phenoxy) is 3. The molecule has 1 saturated carbocycles. The van der Waals surface area contributed by atoms with Crippen LogP contribution >= 0.6 is 0 Å². The molecule has 1 aliphatic carbocycles. The lowest BCUT2D eigenvalue weighted by Crippen LogP contribution is -2.37. The zero-order valence-corrected chi connectivity index (χ0v) is 13.3. The highest BCUT2D eigenvalue weighted by Crippen LogP contribution is 2.44. The van der Waals surface area contributed by atoms with Crippen molar-refractivity contribution in [3.05, 3.63) is 17.2 Å². The van der Waals surface area contributed by atoms with Gasteiger partial charge in [0.05, 0.1) is 21.3 Å². The van der Waals surface area contributed by atoms with E-state index in [0.717, 1.165) is 37.1 Å². The third-order valence-corrected chi connectivity index (χ3v) is 4.89. The molecular weight excluding hydrogens is 266 g/mol. The van der Waals surface area contributed by atoms with Crippen LogP contribution in [0.1, 0.15) is 36.8 Å². The smallest absolute Gasteiger partial charge is 0.203 e. The third kappa shape index (κ3) is 2.57. The summed E-state index contributed by atoms with van der Waals surface area (Å²) >= 11 is 0. The van der Waals surface area contributed by atoms with Gasteiger partial charge in [-0.05, 0) is 30.9 Å². The molecular formula is C17H25NO3. The first-order valence-corrected chi connectivity index (χ1v) is 7.83. The van der Waals surface area contributed by atoms with E-state index in [-0.39, 0.29) is 0 Å². The van der Waals surface area contributed by atoms with Crippen molar-refractivity contribution in [3.8, 4) is 17.2 Å². The standard InChI is InChI=1S/C17H25NO3/c1-19-15-10-12-11-18(13-6-4-5-7-13)9-8-14(12)16(20-2)17(15)21-3/h10,13H,4-9,11H2,1-3H3. The molecule has 0 unspecified atom stereocenters. The summed E-state index contributed by atoms with van der Waals surface area (Å²) in [6.07, 6.45) is 6.47. The van der Waals surface area contributed by atoms with Crippen LogP contribution in [0.5, 0.6) is 17.2 Å². The number of benzene rings is 1. The molecule has 116 valence electrons. The summed E-state index contributed by atoms with van der Waals surface area (Å²) in [4.78, 5) is 2.63. The minimum Gasteiger partial charge on any atom is -0.493 e. The molecule has 0 aromatic heterocycles. The lowest BCUT2D eigenvalue weighted by molar-refractivity contribution is 0.178. The minimum atomic E-state index is 0.716. The Morgan fingerprint density at radius 1 is 1.00 bits per heavy atom. The van der Waals surface area contributed by atoms with Gasteiger partial charge in [0, 0.05) is 24.7 Å². The topological polar surface area (TPSA) is 30.9 Å². The second-order valence-electron chi connectivity index (χ2n) is 5.94. The Kier molecular flexibility index (Phi) is 4.24. The fourth-order valence-electron chi connectivity index (χ4n) is 3.82. The Bertz CT molecular complexity index is 509. The fraction of sp³-hybridized carbons (Fsp3) is 0.647. The summed E-state index contributed by atoms with van der Waals surface area (Å²) in [6.45, 7) is 2.11. The van der Waals surface area contributed by atoms with E-state index in [4.69, 9.17) is 14.2 Å². The van der Waals surface area contributed by atoms with Gasteiger partial charge in [0.1, 0.15) is 0 Å². The molecule has 0 spiro atoms. The van der Waals surface area contributed by atoms with Crippen molar-refractivity contribution in [1.82, 2.24) is 4.90 Å². The molecule has 4 heteroatoms. The summed E-state index contributed by atoms with van der Waals surface area (Å²) in [5.41, 5.74) is 2.60. The monoisotopic (exact) mass is 291 g/mol. The average Bonchev–Trinajstić information content (AvgIpc) is 3.06. The van der Waals surface area contributed by atoms with Crippen LogP contribution in [0.4, 0.5) is 0 Å². The highest BCUT2D eigenvalue weighted by molar-refractivity contribution is 5.59. The van der Waals surface area contributed by atoms with Crippen LogP contribution in [0.3, 0.4) is 0 Å². The lowest BCUT2D eigenvalue weighted by Gasteiger charge is -2.34. The third-order valence-electron chi connectivity index (χ3n) is 4.89. The van der Waals surface area contributed by atoms with E-state index in [1.807, 2.05) is 0 Å². The van der Waals surface area contributed by atoms with E-state index in [9.17, 15) is 0 Å². The molecule has 1 aromatic rings. The fourth-order valence-corrected chi connectivity index (χ4v) is 3.82. The Labute approximate surface area is 127 Å². The molecule has 0 N–H and O–H groups in total. The van der Waals surface area contributed by atoms with Gasteiger partial charge in [-0.1, -0.05) is 12.8 Å². The first-order valence-electron chi connectivity index (χ1n) is 7.83. The van der Waals surface area contributed by atoms with Crippen molar-refractivity contribution in [1.29, 1.82) is 0 Å². The van der Waals surface area contributed by atoms with Crippen LogP contribution < -0.4 is 14.2 Å². The molecule has 21 heavy (non-hydrogen) atoms. The van der Waals surface area contributed by atoms with Gasteiger partial charge in [0.25, 0.3) is 0 Å². The summed E-state index contributed by atoms with van der Waals surface area (Å²) in [7, 11) is 5.06. The highest BCUT2D eigenvalue weighted by atomic mass is 16.5. The van der Waals surface area contributed by atoms with Crippen LogP contribution in [0.15, 0.2) is 6.07 Å². The van der Waals surface area contributed by atoms with E-state index in [0.29, 0.717) is 5.75 Å². The minimum absolute atomic E-state index is 0.716. The Morgan fingerprint density at radius 3 is 2.33 bits per heavy atom. The van der Waals surface area contributed by atoms with Crippen molar-refractivity contribution in [2.45, 2.75) is 44.7 Å². The molecule has 1 aromatic carbocycles. The van der Waals surface area contributed by atoms with E-state index < -0.39 is 0 Å². The molecule has 0 radical (unpaired) electrons. The Hall–Kier alpha value is -1.42. The summed E-state index contributed by atoms with van der Waals surface area (Å²) < 4.78 is 16.6. The predicted octanol–water partition coefficient (Wildman–Crippen LogP) is 3.01. The van der Waals surface area contributed by atoms with Crippen LogP contribution in [0, 0.1) is 0 Å². The van der Waals surface area contributed by atoms with Crippen LogP contribution in [0.25, 0.3) is 0 Å². The van der Waals surface area contributed by atoms with Gasteiger partial charge in [-0.2, -0.15) is 0 Å². The zero-order chi connectivity index (χ0) is 14.8. The van der Waals surface area contributed by atoms with Gasteiger partial charge in [0.2, 0.25) is 5.75 Å². The Morgan fingerprint density at radius 2 is 1.71 bits per heavy atom. The molecule has 1 fully saturated rings. The zero-order valence-electron chi connectivity index (χ0n) is 13.3. The van der Waals surface area contributed by atoms with Crippen molar-refractivity contribution in [2.75, 3.05) is 27.9 Å². The van der Waals surface area contributed by atoms with Crippen LogP contribution in [-0.4, -0.2) is 38.8 Å². The van der Waals surface area contributed by atoms with Crippen molar-refractivity contribution >= 4 is 0 Å². The van der Waals surface area contributed by atoms with E-state index in [1.165, 1.54) is 36.8 Å². The molecule has 0 bridgehead atoms. The molecule has 3 rings (SSSR count). The number of nitrogens with zero attached hydrogens (tertiary/aromatic N) is 1. The SMILES string of the molecule is COc1cc2c(c(OC)c1OC)CCN(C1CCCC1)C2. The number of fused-ring (bicyclic) bond motifs is 1. The number of hydrogen-bond acceptors (Lipinski definition) is 4. The second kappa shape index (κ2) is 6.14. The summed E-state index contributed by atoms with van der Waals surface area (Å²) in [6, 6.07) is 2.88. The summed E-state index contributed by atoms with van der Waals surface area (Å²) in [5, 5.41) is 0. The molecule has 2 aliphatic rings. The maximum absolute atomic E-state index is 5.61. The summed E-state index contributed by atoms with van der Waals surface area (Å²) in [5.74, 6) is 2.33. The van der Waals surface area contributed by atoms with Crippen LogP contribution in [0.2, 0.25) is 0 Å². The largest absolute Gasteiger partial charge is 0.493 e. The molecule has 0 atom stereocenters. The molecule has 4 nitrogen and oxygen atoms in total. The van der Waals surface area contributed by atoms with Crippen LogP contribution in [-0.2, 0) is 13.0 Å². The van der Waals surface area contributed by atoms with Gasteiger partial charge in [-0.15, -0.1) is 0 Å². The van der Waals surface area contributed by atoms with Crippen molar-refractivity contribution in [3.63, 3.8) is 0 Å². The van der Waals surface area contributed by atoms with Gasteiger partial charge in [-0.3, -0.25) is 4.90 Å². The molecule has 1 heterocycles. The van der Waals surface area contributed by atoms with Gasteiger partial charge < -0.3 is 14.2 Å². The normalized spacial score (nSPS) is 19.4. The molecule has 0 amide bonds. The van der Waals surface area contributed by atoms with Gasteiger partial charge in [0.15, 0.2) is 11.5 Å². The number of rotatable bonds is 4. The van der Waals surface area contributed by atoms with Crippen molar-refractivity contribution < 1.29 is 14.2 Å². The first-order chi connectivity index (χ1) is 10.3. The maximum atomic E-state index is 5.61. The van der Waals surface area contributed by atoms with Gasteiger partial charge in [-0.25, -0.2) is 0 Å². The van der Waals surface area contributed by atoms with E-state index in [1.54, 1.807) is 21.3 Å². The predicted molar refractivity (Wildman–Crippen MR) is 82.5 cm³/mol. The van der Waals surface area contributed by atoms with Gasteiger partial charge >= 0.3 is 0 Å². The van der Waals surface area contributed by atoms with E-state index in [2.05, 4.69) is 11.0 Å². The number of hydrogen-bond donors (Lipinski definition) is 0. The average molecular weight is 291 g/mol. The Balaban J connectivity index is 1.94. The lowest BCUT2D eigenvalue weighted by atomic mass is 9.96. The first kappa shape index (κ1) is 14.5. The second-order valence-corrected chi connectivity index (χ2v) is 5.94. The van der Waals surface area contributed by atoms with E-state index >= 15 is 0 Å². The number of methoxy groups -OCH3 is 3. The quantitative estimate of drug-likeness (QED) is 0.853. The molecule has 1 aliphatic heterocycles. The molecule has 0 saturated heterocycles.